The number of rotatable bonds is 1. The lowest BCUT2D eigenvalue weighted by Crippen LogP contribution is -2.19. The second-order valence-electron chi connectivity index (χ2n) is 3.64. The molecule has 80 valence electrons. The maximum atomic E-state index is 11.3. The molecule has 0 aromatic heterocycles. The molecule has 0 radical (unpaired) electrons. The zero-order valence-electron chi connectivity index (χ0n) is 8.28. The maximum absolute atomic E-state index is 11.3. The quantitative estimate of drug-likeness (QED) is 0.774. The first kappa shape index (κ1) is 10.2. The third-order valence-corrected chi connectivity index (χ3v) is 3.51. The van der Waals surface area contributed by atoms with E-state index in [-0.39, 0.29) is 5.91 Å². The van der Waals surface area contributed by atoms with Crippen molar-refractivity contribution in [1.29, 1.82) is 0 Å². The van der Waals surface area contributed by atoms with Crippen LogP contribution in [0.25, 0.3) is 0 Å². The fourth-order valence-electron chi connectivity index (χ4n) is 1.59. The van der Waals surface area contributed by atoms with Gasteiger partial charge >= 0.3 is 0 Å². The Morgan fingerprint density at radius 3 is 2.67 bits per heavy atom. The molecule has 0 atom stereocenters. The molecule has 2 rings (SSSR count). The van der Waals surface area contributed by atoms with Gasteiger partial charge in [0.25, 0.3) is 0 Å². The molecule has 1 heterocycles. The molecule has 1 amide bonds. The summed E-state index contributed by atoms with van der Waals surface area (Å²) < 4.78 is 22.6. The van der Waals surface area contributed by atoms with E-state index < -0.39 is 9.84 Å². The molecule has 1 aromatic carbocycles. The Hall–Kier alpha value is -1.36. The van der Waals surface area contributed by atoms with Crippen LogP contribution in [0.5, 0.6) is 0 Å². The molecule has 0 saturated carbocycles. The first-order chi connectivity index (χ1) is 6.97. The van der Waals surface area contributed by atoms with E-state index in [9.17, 15) is 13.2 Å². The Kier molecular flexibility index (Phi) is 2.26. The van der Waals surface area contributed by atoms with Crippen LogP contribution in [0, 0.1) is 0 Å². The van der Waals surface area contributed by atoms with Gasteiger partial charge in [0.05, 0.1) is 4.90 Å². The molecule has 1 aliphatic rings. The van der Waals surface area contributed by atoms with Gasteiger partial charge in [-0.2, -0.15) is 0 Å². The van der Waals surface area contributed by atoms with Crippen LogP contribution in [0.2, 0.25) is 0 Å². The highest BCUT2D eigenvalue weighted by molar-refractivity contribution is 7.90. The number of hydrogen-bond donors (Lipinski definition) is 1. The van der Waals surface area contributed by atoms with E-state index in [1.165, 1.54) is 12.3 Å². The van der Waals surface area contributed by atoms with Crippen molar-refractivity contribution >= 4 is 21.4 Å². The van der Waals surface area contributed by atoms with Crippen LogP contribution in [0.3, 0.4) is 0 Å². The SMILES string of the molecule is CS(=O)(=O)c1ccc2c(c1)CCC(=O)N2. The van der Waals surface area contributed by atoms with Gasteiger partial charge in [-0.05, 0) is 30.2 Å². The lowest BCUT2D eigenvalue weighted by atomic mass is 10.0. The van der Waals surface area contributed by atoms with Crippen molar-refractivity contribution in [2.45, 2.75) is 17.7 Å². The van der Waals surface area contributed by atoms with Crippen molar-refractivity contribution in [3.63, 3.8) is 0 Å². The summed E-state index contributed by atoms with van der Waals surface area (Å²) in [6, 6.07) is 4.78. The monoisotopic (exact) mass is 225 g/mol. The van der Waals surface area contributed by atoms with Gasteiger partial charge in [-0.1, -0.05) is 0 Å². The van der Waals surface area contributed by atoms with Crippen molar-refractivity contribution in [3.8, 4) is 0 Å². The van der Waals surface area contributed by atoms with E-state index in [1.54, 1.807) is 12.1 Å². The predicted octanol–water partition coefficient (Wildman–Crippen LogP) is 0.975. The summed E-state index contributed by atoms with van der Waals surface area (Å²) in [4.78, 5) is 11.4. The van der Waals surface area contributed by atoms with Crippen molar-refractivity contribution in [1.82, 2.24) is 0 Å². The molecule has 4 nitrogen and oxygen atoms in total. The Bertz CT molecular complexity index is 519. The number of carbonyl (C=O) groups excluding carboxylic acids is 1. The summed E-state index contributed by atoms with van der Waals surface area (Å²) in [5, 5.41) is 2.70. The number of amides is 1. The highest BCUT2D eigenvalue weighted by Gasteiger charge is 2.17. The Morgan fingerprint density at radius 2 is 2.00 bits per heavy atom. The Morgan fingerprint density at radius 1 is 1.27 bits per heavy atom. The molecule has 0 bridgehead atoms. The van der Waals surface area contributed by atoms with Crippen molar-refractivity contribution in [3.05, 3.63) is 23.8 Å². The average molecular weight is 225 g/mol. The minimum atomic E-state index is -3.16. The smallest absolute Gasteiger partial charge is 0.224 e. The first-order valence-electron chi connectivity index (χ1n) is 4.59. The minimum Gasteiger partial charge on any atom is -0.326 e. The van der Waals surface area contributed by atoms with Crippen molar-refractivity contribution < 1.29 is 13.2 Å². The third kappa shape index (κ3) is 2.02. The van der Waals surface area contributed by atoms with Crippen molar-refractivity contribution in [2.75, 3.05) is 11.6 Å². The largest absolute Gasteiger partial charge is 0.326 e. The summed E-state index contributed by atoms with van der Waals surface area (Å²) >= 11 is 0. The van der Waals surface area contributed by atoms with Crippen LogP contribution >= 0.6 is 0 Å². The average Bonchev–Trinajstić information content (AvgIpc) is 2.15. The number of sulfone groups is 1. The zero-order valence-corrected chi connectivity index (χ0v) is 9.10. The molecule has 0 saturated heterocycles. The number of aryl methyl sites for hydroxylation is 1. The number of hydrogen-bond acceptors (Lipinski definition) is 3. The molecule has 1 aromatic rings. The van der Waals surface area contributed by atoms with E-state index >= 15 is 0 Å². The predicted molar refractivity (Wildman–Crippen MR) is 56.5 cm³/mol. The number of anilines is 1. The summed E-state index contributed by atoms with van der Waals surface area (Å²) in [6.45, 7) is 0. The minimum absolute atomic E-state index is 0.0189. The lowest BCUT2D eigenvalue weighted by Gasteiger charge is -2.16. The van der Waals surface area contributed by atoms with Gasteiger partial charge in [-0.3, -0.25) is 4.79 Å². The van der Waals surface area contributed by atoms with Gasteiger partial charge in [0.1, 0.15) is 0 Å². The Labute approximate surface area is 88.2 Å². The number of nitrogens with one attached hydrogen (secondary N) is 1. The first-order valence-corrected chi connectivity index (χ1v) is 6.49. The van der Waals surface area contributed by atoms with Gasteiger partial charge in [-0.25, -0.2) is 8.42 Å². The molecule has 0 unspecified atom stereocenters. The van der Waals surface area contributed by atoms with E-state index in [0.29, 0.717) is 17.7 Å². The van der Waals surface area contributed by atoms with E-state index in [2.05, 4.69) is 5.32 Å². The van der Waals surface area contributed by atoms with E-state index in [0.717, 1.165) is 11.3 Å². The van der Waals surface area contributed by atoms with Crippen LogP contribution in [0.15, 0.2) is 23.1 Å². The van der Waals surface area contributed by atoms with Gasteiger partial charge in [0.2, 0.25) is 5.91 Å². The molecule has 1 aliphatic heterocycles. The molecular weight excluding hydrogens is 214 g/mol. The fraction of sp³-hybridized carbons (Fsp3) is 0.300. The molecule has 0 spiro atoms. The lowest BCUT2D eigenvalue weighted by molar-refractivity contribution is -0.116. The van der Waals surface area contributed by atoms with E-state index in [1.807, 2.05) is 0 Å². The second kappa shape index (κ2) is 3.34. The highest BCUT2D eigenvalue weighted by Crippen LogP contribution is 2.25. The van der Waals surface area contributed by atoms with Crippen LogP contribution in [-0.2, 0) is 21.1 Å². The summed E-state index contributed by atoms with van der Waals surface area (Å²) in [5.74, 6) is -0.0189. The Balaban J connectivity index is 2.48. The summed E-state index contributed by atoms with van der Waals surface area (Å²) in [6.07, 6.45) is 2.20. The number of carbonyl (C=O) groups is 1. The van der Waals surface area contributed by atoms with Gasteiger partial charge < -0.3 is 5.32 Å². The molecule has 5 heteroatoms. The van der Waals surface area contributed by atoms with Gasteiger partial charge in [0, 0.05) is 18.4 Å². The number of fused-ring (bicyclic) bond motifs is 1. The number of benzene rings is 1. The van der Waals surface area contributed by atoms with E-state index in [4.69, 9.17) is 0 Å². The van der Waals surface area contributed by atoms with Crippen LogP contribution < -0.4 is 5.32 Å². The summed E-state index contributed by atoms with van der Waals surface area (Å²) in [5.41, 5.74) is 1.61. The highest BCUT2D eigenvalue weighted by atomic mass is 32.2. The molecule has 0 fully saturated rings. The normalized spacial score (nSPS) is 15.7. The molecule has 0 aliphatic carbocycles. The zero-order chi connectivity index (χ0) is 11.1. The standard InChI is InChI=1S/C10H11NO3S/c1-15(13,14)8-3-4-9-7(6-8)2-5-10(12)11-9/h3-4,6H,2,5H2,1H3,(H,11,12). The van der Waals surface area contributed by atoms with Crippen molar-refractivity contribution in [2.24, 2.45) is 0 Å². The topological polar surface area (TPSA) is 63.2 Å². The fourth-order valence-corrected chi connectivity index (χ4v) is 2.26. The van der Waals surface area contributed by atoms with Crippen LogP contribution in [0.1, 0.15) is 12.0 Å². The van der Waals surface area contributed by atoms with Gasteiger partial charge in [0.15, 0.2) is 9.84 Å². The molecule has 1 N–H and O–H groups in total. The molecule has 15 heavy (non-hydrogen) atoms. The van der Waals surface area contributed by atoms with Gasteiger partial charge in [-0.15, -0.1) is 0 Å². The maximum Gasteiger partial charge on any atom is 0.224 e. The van der Waals surface area contributed by atoms with Crippen LogP contribution in [0.4, 0.5) is 5.69 Å². The third-order valence-electron chi connectivity index (χ3n) is 2.40. The summed E-state index contributed by atoms with van der Waals surface area (Å²) in [7, 11) is -3.16. The molecular formula is C10H11NO3S. The van der Waals surface area contributed by atoms with Crippen LogP contribution in [-0.4, -0.2) is 20.6 Å². The second-order valence-corrected chi connectivity index (χ2v) is 5.66.